The van der Waals surface area contributed by atoms with Gasteiger partial charge in [-0.05, 0) is 36.3 Å². The van der Waals surface area contributed by atoms with Gasteiger partial charge in [0.2, 0.25) is 5.95 Å². The predicted octanol–water partition coefficient (Wildman–Crippen LogP) is 4.50. The van der Waals surface area contributed by atoms with Crippen LogP contribution in [0, 0.1) is 5.92 Å². The number of Topliss-reactive ketones (excluding diaryl/α,β-unsaturated/α-hetero) is 1. The Morgan fingerprint density at radius 2 is 2.08 bits per heavy atom. The van der Waals surface area contributed by atoms with Crippen LogP contribution in [-0.4, -0.2) is 22.3 Å². The SMILES string of the molecule is CC(C)CCNc1ncc2c(n1)C[C@H](c1ccccc1Cl)CC2=O. The van der Waals surface area contributed by atoms with E-state index in [1.807, 2.05) is 24.3 Å². The van der Waals surface area contributed by atoms with Crippen LogP contribution in [-0.2, 0) is 6.42 Å². The van der Waals surface area contributed by atoms with Gasteiger partial charge >= 0.3 is 0 Å². The summed E-state index contributed by atoms with van der Waals surface area (Å²) >= 11 is 6.31. The summed E-state index contributed by atoms with van der Waals surface area (Å²) in [7, 11) is 0. The highest BCUT2D eigenvalue weighted by Crippen LogP contribution is 2.35. The molecule has 0 saturated heterocycles. The van der Waals surface area contributed by atoms with E-state index in [-0.39, 0.29) is 11.7 Å². The summed E-state index contributed by atoms with van der Waals surface area (Å²) in [5, 5.41) is 3.96. The van der Waals surface area contributed by atoms with E-state index in [9.17, 15) is 4.79 Å². The predicted molar refractivity (Wildman–Crippen MR) is 96.8 cm³/mol. The Morgan fingerprint density at radius 1 is 1.29 bits per heavy atom. The van der Waals surface area contributed by atoms with Gasteiger partial charge in [0, 0.05) is 24.2 Å². The Kier molecular flexibility index (Phi) is 5.14. The minimum Gasteiger partial charge on any atom is -0.354 e. The van der Waals surface area contributed by atoms with Crippen LogP contribution in [0.25, 0.3) is 0 Å². The highest BCUT2D eigenvalue weighted by atomic mass is 35.5. The fourth-order valence-electron chi connectivity index (χ4n) is 3.03. The minimum atomic E-state index is 0.0807. The molecule has 1 aliphatic rings. The van der Waals surface area contributed by atoms with E-state index in [0.717, 1.165) is 24.2 Å². The van der Waals surface area contributed by atoms with Crippen molar-refractivity contribution in [1.29, 1.82) is 0 Å². The van der Waals surface area contributed by atoms with Gasteiger partial charge in [-0.25, -0.2) is 9.97 Å². The van der Waals surface area contributed by atoms with Gasteiger partial charge in [0.25, 0.3) is 0 Å². The zero-order valence-corrected chi connectivity index (χ0v) is 14.8. The normalized spacial score (nSPS) is 17.0. The smallest absolute Gasteiger partial charge is 0.222 e. The lowest BCUT2D eigenvalue weighted by molar-refractivity contribution is 0.0963. The number of rotatable bonds is 5. The number of aromatic nitrogens is 2. The lowest BCUT2D eigenvalue weighted by Gasteiger charge is -2.24. The third-order valence-corrected chi connectivity index (χ3v) is 4.73. The van der Waals surface area contributed by atoms with Gasteiger partial charge in [-0.15, -0.1) is 0 Å². The number of fused-ring (bicyclic) bond motifs is 1. The van der Waals surface area contributed by atoms with Crippen molar-refractivity contribution in [3.63, 3.8) is 0 Å². The molecule has 2 aromatic rings. The number of halogens is 1. The second kappa shape index (κ2) is 7.31. The number of carbonyl (C=O) groups is 1. The van der Waals surface area contributed by atoms with Crippen LogP contribution in [0.1, 0.15) is 54.2 Å². The van der Waals surface area contributed by atoms with E-state index in [1.165, 1.54) is 0 Å². The lowest BCUT2D eigenvalue weighted by Crippen LogP contribution is -2.21. The summed E-state index contributed by atoms with van der Waals surface area (Å²) in [5.74, 6) is 1.40. The minimum absolute atomic E-state index is 0.0807. The first-order valence-electron chi connectivity index (χ1n) is 8.42. The standard InChI is InChI=1S/C19H22ClN3O/c1-12(2)7-8-21-19-22-11-15-17(23-19)9-13(10-18(15)24)14-5-3-4-6-16(14)20/h3-6,11-13H,7-10H2,1-2H3,(H,21,22,23)/t13-/m0/s1. The Hall–Kier alpha value is -1.94. The second-order valence-corrected chi connectivity index (χ2v) is 7.12. The molecule has 0 unspecified atom stereocenters. The van der Waals surface area contributed by atoms with Crippen molar-refractivity contribution in [2.24, 2.45) is 5.92 Å². The largest absolute Gasteiger partial charge is 0.354 e. The molecule has 0 amide bonds. The van der Waals surface area contributed by atoms with E-state index in [1.54, 1.807) is 6.20 Å². The summed E-state index contributed by atoms with van der Waals surface area (Å²) in [6, 6.07) is 7.73. The molecule has 0 spiro atoms. The molecular formula is C19H22ClN3O. The molecule has 24 heavy (non-hydrogen) atoms. The van der Waals surface area contributed by atoms with E-state index in [2.05, 4.69) is 29.1 Å². The number of hydrogen-bond donors (Lipinski definition) is 1. The number of benzene rings is 1. The molecule has 0 fully saturated rings. The number of hydrogen-bond acceptors (Lipinski definition) is 4. The van der Waals surface area contributed by atoms with Crippen molar-refractivity contribution in [2.75, 3.05) is 11.9 Å². The monoisotopic (exact) mass is 343 g/mol. The second-order valence-electron chi connectivity index (χ2n) is 6.71. The molecule has 1 N–H and O–H groups in total. The van der Waals surface area contributed by atoms with Crippen molar-refractivity contribution >= 4 is 23.3 Å². The van der Waals surface area contributed by atoms with Crippen molar-refractivity contribution in [3.05, 3.63) is 52.3 Å². The average molecular weight is 344 g/mol. The molecule has 3 rings (SSSR count). The Morgan fingerprint density at radius 3 is 2.83 bits per heavy atom. The quantitative estimate of drug-likeness (QED) is 0.868. The molecule has 0 aliphatic heterocycles. The summed E-state index contributed by atoms with van der Waals surface area (Å²) in [4.78, 5) is 21.3. The molecule has 1 aromatic carbocycles. The summed E-state index contributed by atoms with van der Waals surface area (Å²) in [6.07, 6.45) is 3.89. The number of nitrogens with zero attached hydrogens (tertiary/aromatic N) is 2. The van der Waals surface area contributed by atoms with Gasteiger partial charge < -0.3 is 5.32 Å². The number of nitrogens with one attached hydrogen (secondary N) is 1. The van der Waals surface area contributed by atoms with Crippen LogP contribution in [0.2, 0.25) is 5.02 Å². The molecule has 1 heterocycles. The third kappa shape index (κ3) is 3.75. The Bertz CT molecular complexity index is 745. The topological polar surface area (TPSA) is 54.9 Å². The van der Waals surface area contributed by atoms with Gasteiger partial charge in [-0.1, -0.05) is 43.6 Å². The summed E-state index contributed by atoms with van der Waals surface area (Å²) in [5.41, 5.74) is 2.48. The Balaban J connectivity index is 1.80. The highest BCUT2D eigenvalue weighted by Gasteiger charge is 2.29. The number of carbonyl (C=O) groups excluding carboxylic acids is 1. The zero-order valence-electron chi connectivity index (χ0n) is 14.1. The zero-order chi connectivity index (χ0) is 17.1. The summed E-state index contributed by atoms with van der Waals surface area (Å²) in [6.45, 7) is 5.20. The van der Waals surface area contributed by atoms with Gasteiger partial charge in [0.05, 0.1) is 11.3 Å². The van der Waals surface area contributed by atoms with Crippen LogP contribution in [0.3, 0.4) is 0 Å². The lowest BCUT2D eigenvalue weighted by atomic mass is 9.82. The van der Waals surface area contributed by atoms with Crippen molar-refractivity contribution in [3.8, 4) is 0 Å². The molecule has 126 valence electrons. The third-order valence-electron chi connectivity index (χ3n) is 4.39. The fraction of sp³-hybridized carbons (Fsp3) is 0.421. The molecule has 0 bridgehead atoms. The maximum atomic E-state index is 12.5. The molecular weight excluding hydrogens is 322 g/mol. The molecule has 1 aromatic heterocycles. The van der Waals surface area contributed by atoms with E-state index >= 15 is 0 Å². The molecule has 1 atom stereocenters. The first kappa shape index (κ1) is 16.9. The van der Waals surface area contributed by atoms with Gasteiger partial charge in [0.15, 0.2) is 5.78 Å². The maximum absolute atomic E-state index is 12.5. The first-order chi connectivity index (χ1) is 11.5. The Labute approximate surface area is 147 Å². The molecule has 1 aliphatic carbocycles. The fourth-order valence-corrected chi connectivity index (χ4v) is 3.32. The van der Waals surface area contributed by atoms with Crippen molar-refractivity contribution < 1.29 is 4.79 Å². The van der Waals surface area contributed by atoms with Crippen molar-refractivity contribution in [2.45, 2.75) is 39.0 Å². The van der Waals surface area contributed by atoms with Gasteiger partial charge in [-0.3, -0.25) is 4.79 Å². The van der Waals surface area contributed by atoms with E-state index in [0.29, 0.717) is 35.3 Å². The first-order valence-corrected chi connectivity index (χ1v) is 8.79. The van der Waals surface area contributed by atoms with Crippen LogP contribution >= 0.6 is 11.6 Å². The summed E-state index contributed by atoms with van der Waals surface area (Å²) < 4.78 is 0. The van der Waals surface area contributed by atoms with Gasteiger partial charge in [0.1, 0.15) is 0 Å². The highest BCUT2D eigenvalue weighted by molar-refractivity contribution is 6.31. The maximum Gasteiger partial charge on any atom is 0.222 e. The van der Waals surface area contributed by atoms with Crippen LogP contribution in [0.4, 0.5) is 5.95 Å². The van der Waals surface area contributed by atoms with Gasteiger partial charge in [-0.2, -0.15) is 0 Å². The van der Waals surface area contributed by atoms with E-state index in [4.69, 9.17) is 11.6 Å². The van der Waals surface area contributed by atoms with Crippen LogP contribution in [0.5, 0.6) is 0 Å². The van der Waals surface area contributed by atoms with Crippen molar-refractivity contribution in [1.82, 2.24) is 9.97 Å². The molecule has 4 nitrogen and oxygen atoms in total. The molecule has 5 heteroatoms. The molecule has 0 saturated carbocycles. The molecule has 0 radical (unpaired) electrons. The number of ketones is 1. The average Bonchev–Trinajstić information content (AvgIpc) is 2.54. The van der Waals surface area contributed by atoms with E-state index < -0.39 is 0 Å². The number of anilines is 1. The van der Waals surface area contributed by atoms with Crippen LogP contribution < -0.4 is 5.32 Å². The van der Waals surface area contributed by atoms with Crippen LogP contribution in [0.15, 0.2) is 30.5 Å².